The fourth-order valence-electron chi connectivity index (χ4n) is 2.13. The van der Waals surface area contributed by atoms with Gasteiger partial charge in [0.1, 0.15) is 0 Å². The van der Waals surface area contributed by atoms with Crippen LogP contribution in [0.3, 0.4) is 0 Å². The summed E-state index contributed by atoms with van der Waals surface area (Å²) >= 11 is 0. The van der Waals surface area contributed by atoms with E-state index in [4.69, 9.17) is 0 Å². The van der Waals surface area contributed by atoms with Crippen LogP contribution in [0.15, 0.2) is 21.7 Å². The van der Waals surface area contributed by atoms with Gasteiger partial charge in [0, 0.05) is 14.1 Å². The van der Waals surface area contributed by atoms with Crippen LogP contribution in [-0.2, 0) is 14.1 Å². The van der Waals surface area contributed by atoms with Crippen molar-refractivity contribution in [2.45, 2.75) is 13.8 Å². The zero-order valence-electron chi connectivity index (χ0n) is 9.87. The molecule has 0 bridgehead atoms. The first-order chi connectivity index (χ1) is 7.43. The van der Waals surface area contributed by atoms with Crippen LogP contribution in [0.4, 0.5) is 0 Å². The summed E-state index contributed by atoms with van der Waals surface area (Å²) in [5.41, 5.74) is 2.73. The summed E-state index contributed by atoms with van der Waals surface area (Å²) in [7, 11) is 3.26. The van der Waals surface area contributed by atoms with Crippen molar-refractivity contribution < 1.29 is 0 Å². The normalized spacial score (nSPS) is 11.0. The maximum atomic E-state index is 11.7. The van der Waals surface area contributed by atoms with Crippen molar-refractivity contribution in [2.24, 2.45) is 14.1 Å². The summed E-state index contributed by atoms with van der Waals surface area (Å²) in [6, 6.07) is 3.93. The number of hydrogen-bond acceptors (Lipinski definition) is 2. The van der Waals surface area contributed by atoms with Crippen molar-refractivity contribution in [1.29, 1.82) is 0 Å². The van der Waals surface area contributed by atoms with E-state index in [1.54, 1.807) is 14.1 Å². The zero-order chi connectivity index (χ0) is 12.0. The van der Waals surface area contributed by atoms with Crippen molar-refractivity contribution in [3.05, 3.63) is 44.0 Å². The maximum Gasteiger partial charge on any atom is 0.316 e. The topological polar surface area (TPSA) is 44.0 Å². The molecule has 1 heterocycles. The molecule has 4 nitrogen and oxygen atoms in total. The number of benzene rings is 1. The maximum absolute atomic E-state index is 11.7. The first-order valence-corrected chi connectivity index (χ1v) is 5.10. The molecule has 1 aromatic carbocycles. The third kappa shape index (κ3) is 1.30. The predicted molar refractivity (Wildman–Crippen MR) is 63.9 cm³/mol. The smallest absolute Gasteiger partial charge is 0.305 e. The van der Waals surface area contributed by atoms with Gasteiger partial charge in [-0.2, -0.15) is 0 Å². The van der Waals surface area contributed by atoms with Crippen LogP contribution in [0.25, 0.3) is 11.0 Å². The molecule has 0 aliphatic carbocycles. The standard InChI is InChI=1S/C12H14N2O2/c1-7-5-8(2)10-9(6-7)13(3)11(15)12(16)14(10)4/h5-6H,1-4H3. The molecule has 0 unspecified atom stereocenters. The van der Waals surface area contributed by atoms with Gasteiger partial charge in [-0.05, 0) is 31.0 Å². The third-order valence-electron chi connectivity index (χ3n) is 2.91. The lowest BCUT2D eigenvalue weighted by Gasteiger charge is -2.11. The van der Waals surface area contributed by atoms with Gasteiger partial charge < -0.3 is 9.13 Å². The van der Waals surface area contributed by atoms with Gasteiger partial charge in [-0.15, -0.1) is 0 Å². The van der Waals surface area contributed by atoms with Gasteiger partial charge in [0.15, 0.2) is 0 Å². The Morgan fingerprint density at radius 1 is 0.938 bits per heavy atom. The Morgan fingerprint density at radius 3 is 2.12 bits per heavy atom. The Balaban J connectivity index is 3.21. The Kier molecular flexibility index (Phi) is 2.22. The van der Waals surface area contributed by atoms with Crippen LogP contribution in [0.5, 0.6) is 0 Å². The van der Waals surface area contributed by atoms with E-state index in [0.717, 1.165) is 22.2 Å². The summed E-state index contributed by atoms with van der Waals surface area (Å²) in [5, 5.41) is 0. The molecule has 0 aliphatic heterocycles. The molecule has 16 heavy (non-hydrogen) atoms. The minimum absolute atomic E-state index is 0.484. The molecule has 0 N–H and O–H groups in total. The SMILES string of the molecule is Cc1cc(C)c2c(c1)n(C)c(=O)c(=O)n2C. The number of hydrogen-bond donors (Lipinski definition) is 0. The van der Waals surface area contributed by atoms with E-state index >= 15 is 0 Å². The summed E-state index contributed by atoms with van der Waals surface area (Å²) in [5.74, 6) is 0. The molecular weight excluding hydrogens is 204 g/mol. The second-order valence-electron chi connectivity index (χ2n) is 4.18. The van der Waals surface area contributed by atoms with E-state index in [0.29, 0.717) is 0 Å². The van der Waals surface area contributed by atoms with Crippen molar-refractivity contribution in [3.63, 3.8) is 0 Å². The van der Waals surface area contributed by atoms with Crippen LogP contribution in [-0.4, -0.2) is 9.13 Å². The lowest BCUT2D eigenvalue weighted by molar-refractivity contribution is 0.796. The molecule has 0 fully saturated rings. The largest absolute Gasteiger partial charge is 0.316 e. The molecule has 2 aromatic rings. The number of aryl methyl sites for hydroxylation is 4. The van der Waals surface area contributed by atoms with Gasteiger partial charge in [-0.3, -0.25) is 9.59 Å². The third-order valence-corrected chi connectivity index (χ3v) is 2.91. The molecule has 0 saturated carbocycles. The first kappa shape index (κ1) is 10.7. The molecule has 1 aromatic heterocycles. The molecule has 0 saturated heterocycles. The minimum atomic E-state index is -0.486. The highest BCUT2D eigenvalue weighted by Gasteiger charge is 2.10. The Labute approximate surface area is 92.8 Å². The first-order valence-electron chi connectivity index (χ1n) is 5.10. The second kappa shape index (κ2) is 3.33. The van der Waals surface area contributed by atoms with Gasteiger partial charge in [0.25, 0.3) is 0 Å². The molecule has 4 heteroatoms. The Morgan fingerprint density at radius 2 is 1.50 bits per heavy atom. The lowest BCUT2D eigenvalue weighted by Crippen LogP contribution is -2.39. The van der Waals surface area contributed by atoms with Gasteiger partial charge >= 0.3 is 11.1 Å². The van der Waals surface area contributed by atoms with E-state index in [9.17, 15) is 9.59 Å². The molecule has 84 valence electrons. The Bertz CT molecular complexity index is 693. The average molecular weight is 218 g/mol. The summed E-state index contributed by atoms with van der Waals surface area (Å²) < 4.78 is 2.84. The van der Waals surface area contributed by atoms with E-state index in [2.05, 4.69) is 0 Å². The highest BCUT2D eigenvalue weighted by molar-refractivity contribution is 5.79. The number of nitrogens with zero attached hydrogens (tertiary/aromatic N) is 2. The van der Waals surface area contributed by atoms with Crippen molar-refractivity contribution in [2.75, 3.05) is 0 Å². The van der Waals surface area contributed by atoms with Crippen molar-refractivity contribution >= 4 is 11.0 Å². The molecule has 0 amide bonds. The fourth-order valence-corrected chi connectivity index (χ4v) is 2.13. The summed E-state index contributed by atoms with van der Waals surface area (Å²) in [4.78, 5) is 23.3. The predicted octanol–water partition coefficient (Wildman–Crippen LogP) is 0.854. The van der Waals surface area contributed by atoms with Gasteiger partial charge in [0.2, 0.25) is 0 Å². The van der Waals surface area contributed by atoms with Crippen LogP contribution in [0, 0.1) is 13.8 Å². The van der Waals surface area contributed by atoms with Gasteiger partial charge in [-0.25, -0.2) is 0 Å². The summed E-state index contributed by atoms with van der Waals surface area (Å²) in [6.07, 6.45) is 0. The molecule has 0 aliphatic rings. The van der Waals surface area contributed by atoms with E-state index in [1.165, 1.54) is 9.13 Å². The second-order valence-corrected chi connectivity index (χ2v) is 4.18. The highest BCUT2D eigenvalue weighted by atomic mass is 16.2. The Hall–Kier alpha value is -1.84. The van der Waals surface area contributed by atoms with Crippen LogP contribution >= 0.6 is 0 Å². The van der Waals surface area contributed by atoms with Gasteiger partial charge in [-0.1, -0.05) is 6.07 Å². The molecule has 0 atom stereocenters. The molecular formula is C12H14N2O2. The van der Waals surface area contributed by atoms with E-state index in [-0.39, 0.29) is 0 Å². The molecule has 0 spiro atoms. The van der Waals surface area contributed by atoms with Crippen molar-refractivity contribution in [3.8, 4) is 0 Å². The van der Waals surface area contributed by atoms with Crippen LogP contribution in [0.2, 0.25) is 0 Å². The quantitative estimate of drug-likeness (QED) is 0.615. The molecule has 2 rings (SSSR count). The van der Waals surface area contributed by atoms with Crippen molar-refractivity contribution in [1.82, 2.24) is 9.13 Å². The zero-order valence-corrected chi connectivity index (χ0v) is 9.87. The number of aromatic nitrogens is 2. The number of rotatable bonds is 0. The van der Waals surface area contributed by atoms with Gasteiger partial charge in [0.05, 0.1) is 11.0 Å². The lowest BCUT2D eigenvalue weighted by atomic mass is 10.1. The molecule has 0 radical (unpaired) electrons. The summed E-state index contributed by atoms with van der Waals surface area (Å²) in [6.45, 7) is 3.92. The van der Waals surface area contributed by atoms with Crippen LogP contribution in [0.1, 0.15) is 11.1 Å². The van der Waals surface area contributed by atoms with Crippen LogP contribution < -0.4 is 11.1 Å². The fraction of sp³-hybridized carbons (Fsp3) is 0.333. The average Bonchev–Trinajstić information content (AvgIpc) is 2.22. The highest BCUT2D eigenvalue weighted by Crippen LogP contribution is 2.16. The van der Waals surface area contributed by atoms with E-state index < -0.39 is 11.1 Å². The monoisotopic (exact) mass is 218 g/mol. The minimum Gasteiger partial charge on any atom is -0.305 e. The number of fused-ring (bicyclic) bond motifs is 1. The van der Waals surface area contributed by atoms with E-state index in [1.807, 2.05) is 26.0 Å².